The third kappa shape index (κ3) is 45.1. The monoisotopic (exact) mass is 2880 g/mol. The molecule has 0 spiro atoms. The van der Waals surface area contributed by atoms with Crippen LogP contribution in [0.5, 0.6) is 11.5 Å². The summed E-state index contributed by atoms with van der Waals surface area (Å²) in [7, 11) is -22.0. The van der Waals surface area contributed by atoms with E-state index in [0.717, 1.165) is 86.7 Å². The van der Waals surface area contributed by atoms with Gasteiger partial charge in [-0.15, -0.1) is 0 Å². The van der Waals surface area contributed by atoms with Crippen molar-refractivity contribution in [3.63, 3.8) is 0 Å². The molecule has 724 valence electrons. The van der Waals surface area contributed by atoms with Gasteiger partial charge in [-0.2, -0.15) is 0 Å². The fourth-order valence-corrected chi connectivity index (χ4v) is 20.8. The van der Waals surface area contributed by atoms with Crippen LogP contribution in [0.15, 0.2) is 434 Å². The molecule has 0 aliphatic heterocycles. The van der Waals surface area contributed by atoms with Gasteiger partial charge in [-0.1, -0.05) is 362 Å². The summed E-state index contributed by atoms with van der Waals surface area (Å²) in [4.78, 5) is 97.2. The Balaban J connectivity index is 0.000000461. The first-order valence-corrected chi connectivity index (χ1v) is 52.8. The number of phosphoric acid groups is 5. The molecule has 0 bridgehead atoms. The van der Waals surface area contributed by atoms with Crippen LogP contribution in [0.2, 0.25) is 0 Å². The molecule has 0 heterocycles. The fraction of sp³-hybridized carbons (Fsp3) is 0.0667. The van der Waals surface area contributed by atoms with Gasteiger partial charge in [-0.05, 0) is 213 Å². The Hall–Kier alpha value is -0.951. The summed E-state index contributed by atoms with van der Waals surface area (Å²) >= 11 is 4.76. The topological polar surface area (TPSA) is 352 Å². The molecular weight excluding hydrogens is 2790 g/mol. The van der Waals surface area contributed by atoms with Crippen LogP contribution in [0.25, 0.3) is 66.3 Å². The Morgan fingerprint density at radius 2 is 0.678 bits per heavy atom. The second-order valence-electron chi connectivity index (χ2n) is 30.4. The molecule has 15 aromatic carbocycles. The van der Waals surface area contributed by atoms with E-state index in [2.05, 4.69) is 54.6 Å². The van der Waals surface area contributed by atoms with Crippen molar-refractivity contribution in [2.45, 2.75) is 53.7 Å². The Labute approximate surface area is 1120 Å². The van der Waals surface area contributed by atoms with Crippen molar-refractivity contribution >= 4 is 152 Å². The average molecular weight is 2880 g/mol. The van der Waals surface area contributed by atoms with E-state index < -0.39 is 39.1 Å². The van der Waals surface area contributed by atoms with Crippen LogP contribution in [0, 0.1) is 19.8 Å². The molecule has 0 fully saturated rings. The van der Waals surface area contributed by atoms with Crippen molar-refractivity contribution in [3.05, 3.63) is 476 Å². The molecule has 22 nitrogen and oxygen atoms in total. The summed E-state index contributed by atoms with van der Waals surface area (Å²) in [6.07, 6.45) is 8.99. The predicted octanol–water partition coefficient (Wildman–Crippen LogP) is 27.5. The van der Waals surface area contributed by atoms with Crippen molar-refractivity contribution in [2.75, 3.05) is 7.11 Å². The van der Waals surface area contributed by atoms with E-state index in [1.54, 1.807) is 44.4 Å². The number of aryl methyl sites for hydroxylation is 2. The number of para-hydroxylation sites is 1. The van der Waals surface area contributed by atoms with Crippen LogP contribution in [0.4, 0.5) is 0 Å². The maximum atomic E-state index is 11.6. The summed E-state index contributed by atoms with van der Waals surface area (Å²) in [5.74, 6) is 0.782. The standard InChI is InChI=1S/C24H19O4PS.C21H21O4PS.C20H19O5PS.C20H17O5P.C20H17O4PS.10Y/c25-29(26,27)28-22(30-20-7-2-1-3-8-20)15-19-12-11-18-10-9-16-5-4-6-17-13-14-21(19)24(18)23(16)17;1-14-5-10-20(11-6-14)27-21(25-26(22,23)24)16(3)17-8-9-18-12-15(2)4-7-19(18)13-17;1-14(15-8-9-17-13-18(24-2)11-10-16(17)12-15)20(25-26(21,22)23)27-19-6-4-3-5-7-19;21-26(22,23)25-20(24-18-14-8-3-9-15-18)19(16-10-4-1-5-11-16)17-12-6-2-7-13-17;21-25(22,23)24-20(26-18-14-8-3-9-15-18)19(16-10-4-1-5-11-16)17-12-6-2-7-13-17;;;;;;;;;;/h1-12,14-15,19H,13H2,(H2,25,26,27);4-13H,1-3H3,(H2,22,23,24);3-13H,1-2H3,(H2,21,22,23);2*1-15H,(H2,21,22,23);;;;;;;;;;/b22-15+;21-16+;20-14+;;;;;;;;;;;;. The fourth-order valence-electron chi connectivity index (χ4n) is 14.3. The first-order chi connectivity index (χ1) is 65.1. The maximum absolute atomic E-state index is 11.6. The maximum Gasteiger partial charge on any atom is 0.527 e. The minimum absolute atomic E-state index is 0. The zero-order valence-corrected chi connectivity index (χ0v) is 115. The van der Waals surface area contributed by atoms with E-state index in [1.165, 1.54) is 80.1 Å². The van der Waals surface area contributed by atoms with Crippen LogP contribution >= 0.6 is 86.2 Å². The van der Waals surface area contributed by atoms with Gasteiger partial charge >= 0.3 is 45.1 Å². The van der Waals surface area contributed by atoms with E-state index in [-0.39, 0.29) is 359 Å². The summed E-state index contributed by atoms with van der Waals surface area (Å²) in [5, 5.41) is 7.38. The first-order valence-electron chi connectivity index (χ1n) is 41.9. The van der Waals surface area contributed by atoms with Gasteiger partial charge in [0.15, 0.2) is 20.4 Å². The van der Waals surface area contributed by atoms with Crippen molar-refractivity contribution in [1.29, 1.82) is 0 Å². The van der Waals surface area contributed by atoms with Crippen molar-refractivity contribution < 1.29 is 431 Å². The zero-order valence-electron chi connectivity index (χ0n) is 79.3. The molecule has 1 atom stereocenters. The van der Waals surface area contributed by atoms with E-state index in [9.17, 15) is 71.8 Å². The molecule has 146 heavy (non-hydrogen) atoms. The van der Waals surface area contributed by atoms with Gasteiger partial charge in [0.2, 0.25) is 0 Å². The smallest absolute Gasteiger partial charge is 0.497 e. The van der Waals surface area contributed by atoms with Gasteiger partial charge in [0.25, 0.3) is 0 Å². The van der Waals surface area contributed by atoms with Gasteiger partial charge in [-0.3, -0.25) is 48.9 Å². The summed E-state index contributed by atoms with van der Waals surface area (Å²) < 4.78 is 93.8. The minimum atomic E-state index is -4.84. The summed E-state index contributed by atoms with van der Waals surface area (Å²) in [6.45, 7) is 7.62. The van der Waals surface area contributed by atoms with Crippen LogP contribution in [-0.2, 0) is 379 Å². The Morgan fingerprint density at radius 1 is 0.322 bits per heavy atom. The van der Waals surface area contributed by atoms with E-state index >= 15 is 0 Å². The van der Waals surface area contributed by atoms with Crippen LogP contribution < -0.4 is 9.47 Å². The third-order valence-electron chi connectivity index (χ3n) is 20.4. The van der Waals surface area contributed by atoms with Crippen LogP contribution in [0.1, 0.15) is 75.0 Å². The summed E-state index contributed by atoms with van der Waals surface area (Å²) in [6, 6.07) is 116. The number of allylic oxidation sites excluding steroid dienone is 6. The number of fused-ring (bicyclic) bond motifs is 2. The number of phosphoric ester groups is 5. The zero-order chi connectivity index (χ0) is 96.6. The molecule has 0 saturated carbocycles. The summed E-state index contributed by atoms with van der Waals surface area (Å²) in [5.41, 5.74) is 14.2. The number of benzene rings is 15. The molecule has 2 aliphatic rings. The van der Waals surface area contributed by atoms with Crippen LogP contribution in [-0.4, -0.2) is 56.0 Å². The number of ether oxygens (including phenoxy) is 2. The average Bonchev–Trinajstić information content (AvgIpc) is 0.737. The van der Waals surface area contributed by atoms with Gasteiger partial charge in [-0.25, -0.2) is 22.8 Å². The Bertz CT molecular complexity index is 6990. The largest absolute Gasteiger partial charge is 0.527 e. The number of hydrogen-bond donors (Lipinski definition) is 10. The molecule has 15 aromatic rings. The van der Waals surface area contributed by atoms with Gasteiger partial charge in [0.1, 0.15) is 11.5 Å². The molecule has 2 aliphatic carbocycles. The molecule has 0 saturated heterocycles. The van der Waals surface area contributed by atoms with Gasteiger partial charge in [0, 0.05) is 369 Å². The second-order valence-corrected chi connectivity index (χ2v) is 40.4. The number of thioether (sulfide) groups is 4. The second kappa shape index (κ2) is 68.1. The molecule has 1 unspecified atom stereocenters. The molecule has 10 radical (unpaired) electrons. The van der Waals surface area contributed by atoms with Crippen LogP contribution in [0.3, 0.4) is 0 Å². The Kier molecular flexibility index (Phi) is 64.9. The number of hydrogen-bond acceptors (Lipinski definition) is 16. The molecule has 41 heteroatoms. The molecular formula is C105H93O22P5S4Y10. The number of rotatable bonds is 28. The van der Waals surface area contributed by atoms with Gasteiger partial charge < -0.3 is 32.1 Å². The van der Waals surface area contributed by atoms with E-state index in [1.807, 2.05) is 330 Å². The quantitative estimate of drug-likeness (QED) is 0.0124. The van der Waals surface area contributed by atoms with Gasteiger partial charge in [0.05, 0.1) is 12.7 Å². The van der Waals surface area contributed by atoms with Crippen molar-refractivity contribution in [2.24, 2.45) is 5.92 Å². The minimum Gasteiger partial charge on any atom is -0.497 e. The Morgan fingerprint density at radius 3 is 1.11 bits per heavy atom. The van der Waals surface area contributed by atoms with Crippen molar-refractivity contribution in [1.82, 2.24) is 0 Å². The number of methoxy groups -OCH3 is 1. The first kappa shape index (κ1) is 139. The predicted molar refractivity (Wildman–Crippen MR) is 545 cm³/mol. The van der Waals surface area contributed by atoms with E-state index in [4.69, 9.17) is 32.1 Å². The third-order valence-corrected chi connectivity index (χ3v) is 27.1. The molecule has 0 aromatic heterocycles. The molecule has 10 N–H and O–H groups in total. The van der Waals surface area contributed by atoms with E-state index in [0.29, 0.717) is 39.2 Å². The normalized spacial score (nSPS) is 12.2. The SMILES string of the molecule is C/C(=C(/OP(=O)(O)O)Sc1ccc(C)cc1)c1ccc2cc(C)ccc2c1.COc1ccc2cc(/C(C)=C(\OP(=O)(O)O)Sc3ccccc3)ccc2c1.O=P(O)(O)O/C(=C\C1C=Cc2ccc3cccc4c3c2C1=CC4)Sc1ccccc1.O=P(O)(O)OC(Oc1ccccc1)=C(c1ccccc1)c1ccccc1.O=P(O)(O)OC(Sc1ccccc1)=C(c1ccccc1)c1ccccc1.[Y].[Y].[Y].[Y].[Y].[Y].[Y].[Y].[Y].[Y]. The molecule has 0 amide bonds. The molecule has 17 rings (SSSR count). The van der Waals surface area contributed by atoms with Crippen molar-refractivity contribution in [3.8, 4) is 11.5 Å².